The number of halogens is 1. The monoisotopic (exact) mass is 352 g/mol. The minimum Gasteiger partial charge on any atom is -0.478 e. The lowest BCUT2D eigenvalue weighted by atomic mass is 10.2. The van der Waals surface area contributed by atoms with E-state index >= 15 is 0 Å². The van der Waals surface area contributed by atoms with Crippen molar-refractivity contribution in [2.75, 3.05) is 5.32 Å². The van der Waals surface area contributed by atoms with Crippen LogP contribution in [-0.2, 0) is 0 Å². The van der Waals surface area contributed by atoms with E-state index in [-0.39, 0.29) is 17.3 Å². The number of hydrogen-bond acceptors (Lipinski definition) is 3. The van der Waals surface area contributed by atoms with Crippen molar-refractivity contribution in [2.24, 2.45) is 0 Å². The molecule has 0 fully saturated rings. The Kier molecular flexibility index (Phi) is 4.64. The summed E-state index contributed by atoms with van der Waals surface area (Å²) in [7, 11) is 0. The first-order chi connectivity index (χ1) is 9.99. The fourth-order valence-electron chi connectivity index (χ4n) is 1.78. The predicted molar refractivity (Wildman–Crippen MR) is 80.4 cm³/mol. The van der Waals surface area contributed by atoms with Crippen molar-refractivity contribution in [1.82, 2.24) is 5.32 Å². The third-order valence-electron chi connectivity index (χ3n) is 2.80. The summed E-state index contributed by atoms with van der Waals surface area (Å²) in [4.78, 5) is 23.1. The second-order valence-electron chi connectivity index (χ2n) is 4.30. The fraction of sp³-hybridized carbons (Fsp3) is 0.143. The topological polar surface area (TPSA) is 91.6 Å². The quantitative estimate of drug-likeness (QED) is 0.783. The normalized spacial score (nSPS) is 11.7. The van der Waals surface area contributed by atoms with Gasteiger partial charge in [-0.2, -0.15) is 0 Å². The van der Waals surface area contributed by atoms with Gasteiger partial charge in [0, 0.05) is 4.47 Å². The molecule has 0 saturated carbocycles. The van der Waals surface area contributed by atoms with E-state index in [2.05, 4.69) is 26.6 Å². The number of furan rings is 1. The number of aromatic carboxylic acids is 1. The van der Waals surface area contributed by atoms with Crippen molar-refractivity contribution in [3.63, 3.8) is 0 Å². The number of amides is 2. The summed E-state index contributed by atoms with van der Waals surface area (Å²) in [5.74, 6) is -0.513. The number of carbonyl (C=O) groups excluding carboxylic acids is 1. The first-order valence-corrected chi connectivity index (χ1v) is 6.91. The summed E-state index contributed by atoms with van der Waals surface area (Å²) >= 11 is 3.22. The van der Waals surface area contributed by atoms with Crippen LogP contribution in [0, 0.1) is 0 Å². The molecule has 1 heterocycles. The summed E-state index contributed by atoms with van der Waals surface area (Å²) in [5, 5.41) is 14.3. The Morgan fingerprint density at radius 2 is 2.05 bits per heavy atom. The van der Waals surface area contributed by atoms with Crippen LogP contribution >= 0.6 is 15.9 Å². The average molecular weight is 353 g/mol. The number of benzene rings is 1. The Balaban J connectivity index is 2.11. The molecule has 3 N–H and O–H groups in total. The van der Waals surface area contributed by atoms with E-state index in [0.717, 1.165) is 0 Å². The summed E-state index contributed by atoms with van der Waals surface area (Å²) in [6.07, 6.45) is 1.52. The van der Waals surface area contributed by atoms with Crippen molar-refractivity contribution in [3.05, 3.63) is 52.4 Å². The lowest BCUT2D eigenvalue weighted by molar-refractivity contribution is 0.0698. The lowest BCUT2D eigenvalue weighted by Gasteiger charge is -2.14. The van der Waals surface area contributed by atoms with Crippen LogP contribution < -0.4 is 10.6 Å². The highest BCUT2D eigenvalue weighted by Gasteiger charge is 2.17. The molecule has 1 atom stereocenters. The molecule has 6 nitrogen and oxygen atoms in total. The molecule has 2 rings (SSSR count). The molecule has 0 aliphatic rings. The molecule has 1 unspecified atom stereocenters. The van der Waals surface area contributed by atoms with Gasteiger partial charge in [0.25, 0.3) is 0 Å². The van der Waals surface area contributed by atoms with Crippen LogP contribution in [0.2, 0.25) is 0 Å². The summed E-state index contributed by atoms with van der Waals surface area (Å²) in [6.45, 7) is 1.76. The van der Waals surface area contributed by atoms with Gasteiger partial charge < -0.3 is 20.2 Å². The van der Waals surface area contributed by atoms with Gasteiger partial charge in [0.1, 0.15) is 5.76 Å². The van der Waals surface area contributed by atoms with E-state index in [4.69, 9.17) is 9.52 Å². The maximum atomic E-state index is 12.0. The van der Waals surface area contributed by atoms with E-state index in [9.17, 15) is 9.59 Å². The van der Waals surface area contributed by atoms with Crippen LogP contribution in [0.15, 0.2) is 45.5 Å². The Bertz CT molecular complexity index is 655. The average Bonchev–Trinajstić information content (AvgIpc) is 2.94. The molecule has 1 aromatic heterocycles. The van der Waals surface area contributed by atoms with E-state index < -0.39 is 12.0 Å². The zero-order chi connectivity index (χ0) is 15.4. The molecule has 0 saturated heterocycles. The van der Waals surface area contributed by atoms with Crippen molar-refractivity contribution in [1.29, 1.82) is 0 Å². The number of rotatable bonds is 4. The largest absolute Gasteiger partial charge is 0.478 e. The zero-order valence-electron chi connectivity index (χ0n) is 11.1. The highest BCUT2D eigenvalue weighted by atomic mass is 79.9. The first-order valence-electron chi connectivity index (χ1n) is 6.11. The van der Waals surface area contributed by atoms with Gasteiger partial charge in [-0.25, -0.2) is 9.59 Å². The van der Waals surface area contributed by atoms with Crippen LogP contribution in [0.1, 0.15) is 29.1 Å². The van der Waals surface area contributed by atoms with Crippen molar-refractivity contribution >= 4 is 33.6 Å². The van der Waals surface area contributed by atoms with Gasteiger partial charge in [0.2, 0.25) is 0 Å². The summed E-state index contributed by atoms with van der Waals surface area (Å²) < 4.78 is 5.68. The van der Waals surface area contributed by atoms with Crippen LogP contribution in [0.4, 0.5) is 10.5 Å². The predicted octanol–water partition coefficient (Wildman–Crippen LogP) is 3.62. The number of carboxylic acids is 1. The molecular weight excluding hydrogens is 340 g/mol. The third kappa shape index (κ3) is 3.63. The minimum absolute atomic E-state index is 0.00479. The Labute approximate surface area is 129 Å². The first kappa shape index (κ1) is 15.1. The number of para-hydroxylation sites is 1. The SMILES string of the molecule is CC(NC(=O)Nc1c(Br)cccc1C(=O)O)c1ccco1. The molecule has 2 aromatic rings. The Morgan fingerprint density at radius 3 is 2.67 bits per heavy atom. The molecular formula is C14H13BrN2O4. The van der Waals surface area contributed by atoms with Crippen LogP contribution in [-0.4, -0.2) is 17.1 Å². The van der Waals surface area contributed by atoms with Gasteiger partial charge in [-0.15, -0.1) is 0 Å². The van der Waals surface area contributed by atoms with Crippen molar-refractivity contribution in [2.45, 2.75) is 13.0 Å². The number of carbonyl (C=O) groups is 2. The van der Waals surface area contributed by atoms with Crippen LogP contribution in [0.5, 0.6) is 0 Å². The molecule has 21 heavy (non-hydrogen) atoms. The Hall–Kier alpha value is -2.28. The summed E-state index contributed by atoms with van der Waals surface area (Å²) in [5.41, 5.74) is 0.208. The Morgan fingerprint density at radius 1 is 1.29 bits per heavy atom. The van der Waals surface area contributed by atoms with Crippen molar-refractivity contribution in [3.8, 4) is 0 Å². The third-order valence-corrected chi connectivity index (χ3v) is 3.46. The molecule has 1 aromatic carbocycles. The molecule has 0 bridgehead atoms. The molecule has 2 amide bonds. The van der Waals surface area contributed by atoms with Gasteiger partial charge >= 0.3 is 12.0 Å². The fourth-order valence-corrected chi connectivity index (χ4v) is 2.25. The molecule has 110 valence electrons. The van der Waals surface area contributed by atoms with Crippen molar-refractivity contribution < 1.29 is 19.1 Å². The number of hydrogen-bond donors (Lipinski definition) is 3. The zero-order valence-corrected chi connectivity index (χ0v) is 12.7. The van der Waals surface area contributed by atoms with Gasteiger partial charge in [0.15, 0.2) is 0 Å². The molecule has 0 aliphatic heterocycles. The number of anilines is 1. The molecule has 0 spiro atoms. The van der Waals surface area contributed by atoms with E-state index in [0.29, 0.717) is 10.2 Å². The van der Waals surface area contributed by atoms with Crippen LogP contribution in [0.25, 0.3) is 0 Å². The van der Waals surface area contributed by atoms with E-state index in [1.54, 1.807) is 31.2 Å². The lowest BCUT2D eigenvalue weighted by Crippen LogP contribution is -2.31. The highest BCUT2D eigenvalue weighted by Crippen LogP contribution is 2.26. The maximum absolute atomic E-state index is 12.0. The van der Waals surface area contributed by atoms with Crippen LogP contribution in [0.3, 0.4) is 0 Å². The molecule has 0 radical (unpaired) electrons. The number of urea groups is 1. The van der Waals surface area contributed by atoms with Gasteiger partial charge in [-0.1, -0.05) is 6.07 Å². The molecule has 0 aliphatic carbocycles. The standard InChI is InChI=1S/C14H13BrN2O4/c1-8(11-6-3-7-21-11)16-14(20)17-12-9(13(18)19)4-2-5-10(12)15/h2-8H,1H3,(H,18,19)(H2,16,17,20). The van der Waals surface area contributed by atoms with Gasteiger partial charge in [-0.05, 0) is 47.1 Å². The van der Waals surface area contributed by atoms with E-state index in [1.807, 2.05) is 0 Å². The summed E-state index contributed by atoms with van der Waals surface area (Å²) in [6, 6.07) is 7.26. The highest BCUT2D eigenvalue weighted by molar-refractivity contribution is 9.10. The molecule has 7 heteroatoms. The van der Waals surface area contributed by atoms with Gasteiger partial charge in [-0.3, -0.25) is 0 Å². The minimum atomic E-state index is -1.12. The smallest absolute Gasteiger partial charge is 0.337 e. The van der Waals surface area contributed by atoms with E-state index in [1.165, 1.54) is 12.3 Å². The second-order valence-corrected chi connectivity index (χ2v) is 5.16. The number of carboxylic acid groups (broad SMARTS) is 1. The maximum Gasteiger partial charge on any atom is 0.337 e. The second kappa shape index (κ2) is 6.45. The number of nitrogens with one attached hydrogen (secondary N) is 2. The van der Waals surface area contributed by atoms with Gasteiger partial charge in [0.05, 0.1) is 23.6 Å².